The first-order valence-corrected chi connectivity index (χ1v) is 7.88. The lowest BCUT2D eigenvalue weighted by atomic mass is 10.1. The van der Waals surface area contributed by atoms with E-state index in [4.69, 9.17) is 21.7 Å². The predicted molar refractivity (Wildman–Crippen MR) is 91.8 cm³/mol. The molecule has 4 nitrogen and oxygen atoms in total. The third-order valence-electron chi connectivity index (χ3n) is 3.69. The van der Waals surface area contributed by atoms with Crippen LogP contribution in [0.3, 0.4) is 0 Å². The summed E-state index contributed by atoms with van der Waals surface area (Å²) in [5.74, 6) is 1.34. The molecule has 0 radical (unpaired) electrons. The average Bonchev–Trinajstić information content (AvgIpc) is 3.01. The van der Waals surface area contributed by atoms with Crippen molar-refractivity contribution in [2.45, 2.75) is 19.1 Å². The van der Waals surface area contributed by atoms with Crippen molar-refractivity contribution < 1.29 is 22.6 Å². The van der Waals surface area contributed by atoms with E-state index in [0.29, 0.717) is 11.5 Å². The molecule has 0 unspecified atom stereocenters. The van der Waals surface area contributed by atoms with Gasteiger partial charge in [0, 0.05) is 5.69 Å². The monoisotopic (exact) mass is 368 g/mol. The second-order valence-corrected chi connectivity index (χ2v) is 5.92. The molecule has 1 aliphatic rings. The van der Waals surface area contributed by atoms with Gasteiger partial charge in [-0.2, -0.15) is 13.2 Å². The highest BCUT2D eigenvalue weighted by Crippen LogP contribution is 2.34. The van der Waals surface area contributed by atoms with E-state index >= 15 is 0 Å². The van der Waals surface area contributed by atoms with Crippen LogP contribution in [0.4, 0.5) is 18.9 Å². The first-order chi connectivity index (χ1) is 11.8. The molecule has 2 aromatic rings. The molecule has 0 saturated carbocycles. The van der Waals surface area contributed by atoms with Crippen molar-refractivity contribution in [2.75, 3.05) is 12.1 Å². The van der Waals surface area contributed by atoms with E-state index < -0.39 is 11.7 Å². The van der Waals surface area contributed by atoms with Gasteiger partial charge in [-0.1, -0.05) is 12.1 Å². The highest BCUT2D eigenvalue weighted by molar-refractivity contribution is 7.80. The van der Waals surface area contributed by atoms with Gasteiger partial charge < -0.3 is 20.1 Å². The smallest absolute Gasteiger partial charge is 0.416 e. The number of anilines is 1. The number of ether oxygens (including phenoxy) is 2. The second kappa shape index (κ2) is 6.79. The zero-order valence-electron chi connectivity index (χ0n) is 13.2. The van der Waals surface area contributed by atoms with E-state index in [1.807, 2.05) is 19.1 Å². The van der Waals surface area contributed by atoms with Gasteiger partial charge in [0.15, 0.2) is 16.6 Å². The van der Waals surface area contributed by atoms with Gasteiger partial charge in [-0.05, 0) is 55.0 Å². The van der Waals surface area contributed by atoms with Gasteiger partial charge in [-0.25, -0.2) is 0 Å². The molecule has 3 rings (SSSR count). The quantitative estimate of drug-likeness (QED) is 0.782. The first kappa shape index (κ1) is 17.3. The zero-order chi connectivity index (χ0) is 18.0. The Labute approximate surface area is 147 Å². The third kappa shape index (κ3) is 4.14. The van der Waals surface area contributed by atoms with Crippen LogP contribution < -0.4 is 20.1 Å². The third-order valence-corrected chi connectivity index (χ3v) is 3.91. The molecule has 2 N–H and O–H groups in total. The molecule has 1 heterocycles. The molecule has 25 heavy (non-hydrogen) atoms. The van der Waals surface area contributed by atoms with Crippen LogP contribution in [0.5, 0.6) is 11.5 Å². The van der Waals surface area contributed by atoms with Crippen LogP contribution in [-0.2, 0) is 6.18 Å². The number of alkyl halides is 3. The van der Waals surface area contributed by atoms with Gasteiger partial charge in [0.05, 0.1) is 11.6 Å². The van der Waals surface area contributed by atoms with E-state index in [-0.39, 0.29) is 23.6 Å². The number of fused-ring (bicyclic) bond motifs is 1. The average molecular weight is 368 g/mol. The van der Waals surface area contributed by atoms with Gasteiger partial charge >= 0.3 is 6.18 Å². The summed E-state index contributed by atoms with van der Waals surface area (Å²) in [6, 6.07) is 10.2. The van der Waals surface area contributed by atoms with E-state index in [1.54, 1.807) is 6.07 Å². The molecule has 0 aliphatic carbocycles. The molecular formula is C17H15F3N2O2S. The lowest BCUT2D eigenvalue weighted by molar-refractivity contribution is -0.137. The van der Waals surface area contributed by atoms with E-state index in [1.165, 1.54) is 12.1 Å². The minimum Gasteiger partial charge on any atom is -0.454 e. The molecule has 1 aliphatic heterocycles. The summed E-state index contributed by atoms with van der Waals surface area (Å²) in [4.78, 5) is 0. The normalized spacial score (nSPS) is 14.1. The Hall–Kier alpha value is -2.48. The number of nitrogens with one attached hydrogen (secondary N) is 2. The topological polar surface area (TPSA) is 42.5 Å². The van der Waals surface area contributed by atoms with Crippen LogP contribution in [0.1, 0.15) is 24.1 Å². The molecule has 2 aromatic carbocycles. The van der Waals surface area contributed by atoms with Crippen molar-refractivity contribution in [2.24, 2.45) is 0 Å². The maximum Gasteiger partial charge on any atom is 0.416 e. The van der Waals surface area contributed by atoms with Crippen molar-refractivity contribution in [3.63, 3.8) is 0 Å². The van der Waals surface area contributed by atoms with Gasteiger partial charge in [-0.15, -0.1) is 0 Å². The SMILES string of the molecule is C[C@@H](NC(=S)Nc1cccc(C(F)(F)F)c1)c1ccc2c(c1)OCO2. The Morgan fingerprint density at radius 3 is 2.64 bits per heavy atom. The fourth-order valence-corrected chi connectivity index (χ4v) is 2.70. The Bertz CT molecular complexity index is 796. The fourth-order valence-electron chi connectivity index (χ4n) is 2.40. The molecule has 0 saturated heterocycles. The first-order valence-electron chi connectivity index (χ1n) is 7.47. The molecule has 0 fully saturated rings. The Morgan fingerprint density at radius 2 is 1.88 bits per heavy atom. The molecule has 0 bridgehead atoms. The maximum atomic E-state index is 12.7. The van der Waals surface area contributed by atoms with E-state index in [2.05, 4.69) is 10.6 Å². The van der Waals surface area contributed by atoms with Gasteiger partial charge in [-0.3, -0.25) is 0 Å². The fraction of sp³-hybridized carbons (Fsp3) is 0.235. The van der Waals surface area contributed by atoms with Crippen LogP contribution >= 0.6 is 12.2 Å². The molecule has 8 heteroatoms. The number of thiocarbonyl (C=S) groups is 1. The number of hydrogen-bond acceptors (Lipinski definition) is 3. The molecule has 0 spiro atoms. The molecule has 132 valence electrons. The Morgan fingerprint density at radius 1 is 1.12 bits per heavy atom. The van der Waals surface area contributed by atoms with E-state index in [0.717, 1.165) is 17.7 Å². The van der Waals surface area contributed by atoms with Crippen LogP contribution in [0.25, 0.3) is 0 Å². The largest absolute Gasteiger partial charge is 0.454 e. The summed E-state index contributed by atoms with van der Waals surface area (Å²) in [6.45, 7) is 2.08. The van der Waals surface area contributed by atoms with Crippen molar-refractivity contribution in [1.29, 1.82) is 0 Å². The number of benzene rings is 2. The van der Waals surface area contributed by atoms with Gasteiger partial charge in [0.2, 0.25) is 6.79 Å². The highest BCUT2D eigenvalue weighted by Gasteiger charge is 2.30. The van der Waals surface area contributed by atoms with Crippen LogP contribution in [0.15, 0.2) is 42.5 Å². The molecule has 1 atom stereocenters. The Kier molecular flexibility index (Phi) is 4.71. The van der Waals surface area contributed by atoms with Crippen LogP contribution in [0, 0.1) is 0 Å². The van der Waals surface area contributed by atoms with Gasteiger partial charge in [0.1, 0.15) is 0 Å². The zero-order valence-corrected chi connectivity index (χ0v) is 14.0. The molecular weight excluding hydrogens is 353 g/mol. The minimum atomic E-state index is -4.40. The Balaban J connectivity index is 1.64. The van der Waals surface area contributed by atoms with E-state index in [9.17, 15) is 13.2 Å². The number of halogens is 3. The molecule has 0 aromatic heterocycles. The standard InChI is InChI=1S/C17H15F3N2O2S/c1-10(11-5-6-14-15(7-11)24-9-23-14)21-16(25)22-13-4-2-3-12(8-13)17(18,19)20/h2-8,10H,9H2,1H3,(H2,21,22,25)/t10-/m1/s1. The van der Waals surface area contributed by atoms with Crippen molar-refractivity contribution in [1.82, 2.24) is 5.32 Å². The van der Waals surface area contributed by atoms with Gasteiger partial charge in [0.25, 0.3) is 0 Å². The molecule has 0 amide bonds. The van der Waals surface area contributed by atoms with Crippen molar-refractivity contribution in [3.05, 3.63) is 53.6 Å². The maximum absolute atomic E-state index is 12.7. The lowest BCUT2D eigenvalue weighted by Crippen LogP contribution is -2.31. The summed E-state index contributed by atoms with van der Waals surface area (Å²) in [7, 11) is 0. The van der Waals surface area contributed by atoms with Crippen LogP contribution in [-0.4, -0.2) is 11.9 Å². The lowest BCUT2D eigenvalue weighted by Gasteiger charge is -2.18. The second-order valence-electron chi connectivity index (χ2n) is 5.51. The summed E-state index contributed by atoms with van der Waals surface area (Å²) in [5.41, 5.74) is 0.451. The van der Waals surface area contributed by atoms with Crippen LogP contribution in [0.2, 0.25) is 0 Å². The van der Waals surface area contributed by atoms with Crippen molar-refractivity contribution >= 4 is 23.0 Å². The number of hydrogen-bond donors (Lipinski definition) is 2. The number of rotatable bonds is 3. The summed E-state index contributed by atoms with van der Waals surface area (Å²) in [6.07, 6.45) is -4.40. The minimum absolute atomic E-state index is 0.166. The summed E-state index contributed by atoms with van der Waals surface area (Å²) in [5, 5.41) is 6.03. The predicted octanol–water partition coefficient (Wildman–Crippen LogP) is 4.48. The summed E-state index contributed by atoms with van der Waals surface area (Å²) < 4.78 is 48.8. The summed E-state index contributed by atoms with van der Waals surface area (Å²) >= 11 is 5.19. The van der Waals surface area contributed by atoms with Crippen molar-refractivity contribution in [3.8, 4) is 11.5 Å². The highest BCUT2D eigenvalue weighted by atomic mass is 32.1.